The zero-order valence-electron chi connectivity index (χ0n) is 6.72. The standard InChI is InChI=1S/C8H11ClN2S/c9-8-11-6(7(10)12-8)5-3-1-2-4-5/h5H,1-4,10H2. The third kappa shape index (κ3) is 1.43. The van der Waals surface area contributed by atoms with Gasteiger partial charge in [-0.05, 0) is 12.8 Å². The number of hydrogen-bond acceptors (Lipinski definition) is 3. The third-order valence-corrected chi connectivity index (χ3v) is 3.40. The summed E-state index contributed by atoms with van der Waals surface area (Å²) in [7, 11) is 0. The van der Waals surface area contributed by atoms with Crippen LogP contribution in [0, 0.1) is 0 Å². The fraction of sp³-hybridized carbons (Fsp3) is 0.625. The van der Waals surface area contributed by atoms with E-state index in [1.54, 1.807) is 0 Å². The molecule has 1 saturated carbocycles. The Morgan fingerprint density at radius 1 is 1.42 bits per heavy atom. The van der Waals surface area contributed by atoms with Gasteiger partial charge >= 0.3 is 0 Å². The fourth-order valence-corrected chi connectivity index (χ4v) is 2.79. The Morgan fingerprint density at radius 2 is 2.08 bits per heavy atom. The third-order valence-electron chi connectivity index (χ3n) is 2.40. The van der Waals surface area contributed by atoms with Crippen molar-refractivity contribution in [1.82, 2.24) is 4.98 Å². The van der Waals surface area contributed by atoms with Crippen molar-refractivity contribution in [1.29, 1.82) is 0 Å². The van der Waals surface area contributed by atoms with E-state index in [2.05, 4.69) is 4.98 Å². The monoisotopic (exact) mass is 202 g/mol. The second-order valence-electron chi connectivity index (χ2n) is 3.20. The Hall–Kier alpha value is -0.280. The molecule has 2 rings (SSSR count). The molecule has 0 aromatic carbocycles. The minimum atomic E-state index is 0.578. The van der Waals surface area contributed by atoms with Gasteiger partial charge in [-0.3, -0.25) is 0 Å². The lowest BCUT2D eigenvalue weighted by Crippen LogP contribution is -1.96. The first kappa shape index (κ1) is 8.32. The predicted molar refractivity (Wildman–Crippen MR) is 52.7 cm³/mol. The van der Waals surface area contributed by atoms with Crippen LogP contribution in [-0.4, -0.2) is 4.98 Å². The summed E-state index contributed by atoms with van der Waals surface area (Å²) in [6.07, 6.45) is 5.06. The molecule has 1 aliphatic rings. The zero-order valence-corrected chi connectivity index (χ0v) is 8.29. The molecule has 0 atom stereocenters. The molecule has 2 N–H and O–H groups in total. The van der Waals surface area contributed by atoms with Crippen molar-refractivity contribution in [3.8, 4) is 0 Å². The van der Waals surface area contributed by atoms with Gasteiger partial charge in [-0.2, -0.15) is 0 Å². The van der Waals surface area contributed by atoms with Crippen LogP contribution in [0.1, 0.15) is 37.3 Å². The van der Waals surface area contributed by atoms with Crippen LogP contribution in [0.4, 0.5) is 5.00 Å². The Bertz CT molecular complexity index is 279. The molecule has 1 aromatic rings. The maximum atomic E-state index is 5.79. The second kappa shape index (κ2) is 3.23. The Morgan fingerprint density at radius 3 is 2.58 bits per heavy atom. The smallest absolute Gasteiger partial charge is 0.185 e. The summed E-state index contributed by atoms with van der Waals surface area (Å²) in [6, 6.07) is 0. The van der Waals surface area contributed by atoms with E-state index in [0.29, 0.717) is 10.4 Å². The molecular formula is C8H11ClN2S. The number of nitrogens with zero attached hydrogens (tertiary/aromatic N) is 1. The lowest BCUT2D eigenvalue weighted by molar-refractivity contribution is 0.705. The molecule has 1 aliphatic carbocycles. The van der Waals surface area contributed by atoms with Crippen LogP contribution in [-0.2, 0) is 0 Å². The topological polar surface area (TPSA) is 38.9 Å². The Balaban J connectivity index is 2.25. The molecule has 12 heavy (non-hydrogen) atoms. The molecule has 66 valence electrons. The molecule has 1 heterocycles. The fourth-order valence-electron chi connectivity index (χ4n) is 1.81. The van der Waals surface area contributed by atoms with Crippen molar-refractivity contribution < 1.29 is 0 Å². The van der Waals surface area contributed by atoms with Gasteiger partial charge < -0.3 is 5.73 Å². The van der Waals surface area contributed by atoms with Gasteiger partial charge in [0.05, 0.1) is 5.69 Å². The van der Waals surface area contributed by atoms with Crippen molar-refractivity contribution >= 4 is 27.9 Å². The van der Waals surface area contributed by atoms with Gasteiger partial charge in [0.25, 0.3) is 0 Å². The molecule has 1 aromatic heterocycles. The number of nitrogens with two attached hydrogens (primary N) is 1. The minimum absolute atomic E-state index is 0.578. The van der Waals surface area contributed by atoms with Crippen molar-refractivity contribution in [3.05, 3.63) is 10.2 Å². The van der Waals surface area contributed by atoms with Crippen LogP contribution in [0.5, 0.6) is 0 Å². The molecule has 0 aliphatic heterocycles. The molecule has 0 bridgehead atoms. The predicted octanol–water partition coefficient (Wildman–Crippen LogP) is 3.04. The normalized spacial score (nSPS) is 18.8. The maximum Gasteiger partial charge on any atom is 0.185 e. The summed E-state index contributed by atoms with van der Waals surface area (Å²) >= 11 is 7.16. The SMILES string of the molecule is Nc1sc(Cl)nc1C1CCCC1. The first-order valence-corrected chi connectivity index (χ1v) is 5.38. The lowest BCUT2D eigenvalue weighted by atomic mass is 10.1. The highest BCUT2D eigenvalue weighted by Crippen LogP contribution is 2.39. The molecule has 4 heteroatoms. The molecule has 0 radical (unpaired) electrons. The van der Waals surface area contributed by atoms with Gasteiger partial charge in [0.2, 0.25) is 0 Å². The van der Waals surface area contributed by atoms with E-state index in [4.69, 9.17) is 17.3 Å². The molecule has 0 amide bonds. The van der Waals surface area contributed by atoms with E-state index < -0.39 is 0 Å². The van der Waals surface area contributed by atoms with Crippen LogP contribution in [0.2, 0.25) is 4.47 Å². The summed E-state index contributed by atoms with van der Waals surface area (Å²) in [4.78, 5) is 4.25. The number of aromatic nitrogens is 1. The molecule has 0 saturated heterocycles. The first-order chi connectivity index (χ1) is 5.77. The average Bonchev–Trinajstić information content (AvgIpc) is 2.58. The summed E-state index contributed by atoms with van der Waals surface area (Å²) in [5.41, 5.74) is 6.84. The molecular weight excluding hydrogens is 192 g/mol. The molecule has 0 unspecified atom stereocenters. The average molecular weight is 203 g/mol. The summed E-state index contributed by atoms with van der Waals surface area (Å²) in [5, 5.41) is 0.812. The van der Waals surface area contributed by atoms with Crippen LogP contribution >= 0.6 is 22.9 Å². The summed E-state index contributed by atoms with van der Waals surface area (Å²) in [5.74, 6) is 0.578. The van der Waals surface area contributed by atoms with Gasteiger partial charge in [-0.1, -0.05) is 35.8 Å². The number of anilines is 1. The van der Waals surface area contributed by atoms with Crippen LogP contribution in [0.25, 0.3) is 0 Å². The Labute approximate surface area is 80.8 Å². The number of thiazole rings is 1. The minimum Gasteiger partial charge on any atom is -0.389 e. The van der Waals surface area contributed by atoms with Crippen LogP contribution in [0.15, 0.2) is 0 Å². The van der Waals surface area contributed by atoms with Crippen molar-refractivity contribution in [2.24, 2.45) is 0 Å². The van der Waals surface area contributed by atoms with E-state index in [0.717, 1.165) is 10.7 Å². The van der Waals surface area contributed by atoms with Crippen molar-refractivity contribution in [3.63, 3.8) is 0 Å². The quantitative estimate of drug-likeness (QED) is 0.761. The number of rotatable bonds is 1. The highest BCUT2D eigenvalue weighted by Gasteiger charge is 2.22. The molecule has 0 spiro atoms. The zero-order chi connectivity index (χ0) is 8.55. The summed E-state index contributed by atoms with van der Waals surface area (Å²) < 4.78 is 0.578. The van der Waals surface area contributed by atoms with Crippen LogP contribution < -0.4 is 5.73 Å². The van der Waals surface area contributed by atoms with Gasteiger partial charge in [-0.25, -0.2) is 4.98 Å². The lowest BCUT2D eigenvalue weighted by Gasteiger charge is -2.04. The van der Waals surface area contributed by atoms with Gasteiger partial charge in [0.1, 0.15) is 5.00 Å². The van der Waals surface area contributed by atoms with Crippen LogP contribution in [0.3, 0.4) is 0 Å². The number of halogens is 1. The second-order valence-corrected chi connectivity index (χ2v) is 4.81. The van der Waals surface area contributed by atoms with E-state index in [9.17, 15) is 0 Å². The van der Waals surface area contributed by atoms with E-state index in [-0.39, 0.29) is 0 Å². The van der Waals surface area contributed by atoms with Crippen molar-refractivity contribution in [2.75, 3.05) is 5.73 Å². The molecule has 2 nitrogen and oxygen atoms in total. The van der Waals surface area contributed by atoms with Crippen molar-refractivity contribution in [2.45, 2.75) is 31.6 Å². The van der Waals surface area contributed by atoms with E-state index >= 15 is 0 Å². The van der Waals surface area contributed by atoms with Gasteiger partial charge in [0.15, 0.2) is 4.47 Å². The maximum absolute atomic E-state index is 5.79. The van der Waals surface area contributed by atoms with E-state index in [1.807, 2.05) is 0 Å². The number of nitrogen functional groups attached to an aromatic ring is 1. The highest BCUT2D eigenvalue weighted by molar-refractivity contribution is 7.19. The first-order valence-electron chi connectivity index (χ1n) is 4.19. The van der Waals surface area contributed by atoms with E-state index in [1.165, 1.54) is 37.0 Å². The largest absolute Gasteiger partial charge is 0.389 e. The molecule has 1 fully saturated rings. The summed E-state index contributed by atoms with van der Waals surface area (Å²) in [6.45, 7) is 0. The van der Waals surface area contributed by atoms with Gasteiger partial charge in [0, 0.05) is 5.92 Å². The highest BCUT2D eigenvalue weighted by atomic mass is 35.5. The number of hydrogen-bond donors (Lipinski definition) is 1. The van der Waals surface area contributed by atoms with Gasteiger partial charge in [-0.15, -0.1) is 0 Å². The Kier molecular flexibility index (Phi) is 2.24.